The van der Waals surface area contributed by atoms with E-state index < -0.39 is 12.1 Å². The number of anilines is 1. The van der Waals surface area contributed by atoms with Crippen LogP contribution in [0, 0.1) is 0 Å². The number of hydrogen-bond acceptors (Lipinski definition) is 5. The fraction of sp³-hybridized carbons (Fsp3) is 0.550. The number of rotatable bonds is 5. The second-order valence-corrected chi connectivity index (χ2v) is 7.36. The average molecular weight is 405 g/mol. The molecule has 0 spiro atoms. The van der Waals surface area contributed by atoms with Gasteiger partial charge in [0, 0.05) is 19.3 Å². The Hall–Kier alpha value is -2.81. The van der Waals surface area contributed by atoms with E-state index in [2.05, 4.69) is 10.6 Å². The Kier molecular flexibility index (Phi) is 6.58. The highest BCUT2D eigenvalue weighted by molar-refractivity contribution is 5.99. The van der Waals surface area contributed by atoms with E-state index in [1.165, 1.54) is 0 Å². The van der Waals surface area contributed by atoms with Gasteiger partial charge >= 0.3 is 12.0 Å². The molecule has 3 amide bonds. The second kappa shape index (κ2) is 9.13. The minimum atomic E-state index is -0.905. The molecular weight excluding hydrogens is 378 g/mol. The van der Waals surface area contributed by atoms with Gasteiger partial charge in [0.15, 0.2) is 0 Å². The molecule has 158 valence electrons. The second-order valence-electron chi connectivity index (χ2n) is 7.36. The quantitative estimate of drug-likeness (QED) is 0.690. The van der Waals surface area contributed by atoms with Crippen LogP contribution in [-0.2, 0) is 9.53 Å². The minimum Gasteiger partial charge on any atom is -0.490 e. The van der Waals surface area contributed by atoms with Gasteiger partial charge in [-0.25, -0.2) is 4.79 Å². The van der Waals surface area contributed by atoms with Crippen molar-refractivity contribution in [2.75, 3.05) is 25.5 Å². The van der Waals surface area contributed by atoms with Gasteiger partial charge in [-0.05, 0) is 37.5 Å². The van der Waals surface area contributed by atoms with Crippen molar-refractivity contribution in [2.45, 2.75) is 50.9 Å². The maximum atomic E-state index is 13.1. The van der Waals surface area contributed by atoms with Crippen molar-refractivity contribution in [2.24, 2.45) is 0 Å². The molecule has 9 heteroatoms. The van der Waals surface area contributed by atoms with E-state index in [0.717, 1.165) is 6.42 Å². The predicted octanol–water partition coefficient (Wildman–Crippen LogP) is 2.07. The number of nitrogens with zero attached hydrogens (tertiary/aromatic N) is 1. The van der Waals surface area contributed by atoms with Crippen LogP contribution in [0.5, 0.6) is 5.75 Å². The van der Waals surface area contributed by atoms with Crippen molar-refractivity contribution >= 4 is 23.6 Å². The minimum absolute atomic E-state index is 0.0629. The summed E-state index contributed by atoms with van der Waals surface area (Å²) in [6.45, 7) is 2.74. The highest BCUT2D eigenvalue weighted by atomic mass is 16.5. The summed E-state index contributed by atoms with van der Waals surface area (Å²) < 4.78 is 11.8. The molecule has 9 nitrogen and oxygen atoms in total. The van der Waals surface area contributed by atoms with Gasteiger partial charge < -0.3 is 30.1 Å². The van der Waals surface area contributed by atoms with Crippen LogP contribution in [0.2, 0.25) is 0 Å². The summed E-state index contributed by atoms with van der Waals surface area (Å²) in [6, 6.07) is 4.39. The smallest absolute Gasteiger partial charge is 0.319 e. The Morgan fingerprint density at radius 1 is 1.31 bits per heavy atom. The largest absolute Gasteiger partial charge is 0.490 e. The first-order valence-electron chi connectivity index (χ1n) is 9.85. The molecule has 3 atom stereocenters. The Morgan fingerprint density at radius 2 is 2.10 bits per heavy atom. The molecule has 2 aliphatic heterocycles. The number of fused-ring (bicyclic) bond motifs is 2. The molecule has 2 aliphatic rings. The molecular formula is C20H27N3O6. The van der Waals surface area contributed by atoms with Crippen molar-refractivity contribution in [3.8, 4) is 5.75 Å². The zero-order valence-electron chi connectivity index (χ0n) is 16.6. The Morgan fingerprint density at radius 3 is 2.83 bits per heavy atom. The number of urea groups is 1. The topological polar surface area (TPSA) is 117 Å². The third kappa shape index (κ3) is 4.97. The Bertz CT molecular complexity index is 783. The summed E-state index contributed by atoms with van der Waals surface area (Å²) >= 11 is 0. The lowest BCUT2D eigenvalue weighted by molar-refractivity contribution is -0.148. The maximum absolute atomic E-state index is 13.1. The van der Waals surface area contributed by atoms with Crippen LogP contribution < -0.4 is 15.4 Å². The third-order valence-electron chi connectivity index (χ3n) is 5.21. The van der Waals surface area contributed by atoms with Gasteiger partial charge in [0.2, 0.25) is 0 Å². The molecule has 2 heterocycles. The molecule has 1 aromatic rings. The lowest BCUT2D eigenvalue weighted by atomic mass is 9.94. The van der Waals surface area contributed by atoms with E-state index in [0.29, 0.717) is 36.4 Å². The van der Waals surface area contributed by atoms with Crippen molar-refractivity contribution in [1.29, 1.82) is 0 Å². The van der Waals surface area contributed by atoms with Crippen LogP contribution in [-0.4, -0.2) is 66.4 Å². The van der Waals surface area contributed by atoms with E-state index in [4.69, 9.17) is 14.6 Å². The van der Waals surface area contributed by atoms with Crippen LogP contribution in [0.25, 0.3) is 0 Å². The Balaban J connectivity index is 1.77. The molecule has 3 rings (SSSR count). The summed E-state index contributed by atoms with van der Waals surface area (Å²) in [7, 11) is 1.71. The van der Waals surface area contributed by atoms with Gasteiger partial charge in [0.25, 0.3) is 5.91 Å². The third-order valence-corrected chi connectivity index (χ3v) is 5.21. The van der Waals surface area contributed by atoms with Gasteiger partial charge in [-0.2, -0.15) is 0 Å². The zero-order chi connectivity index (χ0) is 21.0. The first-order chi connectivity index (χ1) is 13.9. The first kappa shape index (κ1) is 20.9. The van der Waals surface area contributed by atoms with E-state index in [-0.39, 0.29) is 37.1 Å². The summed E-state index contributed by atoms with van der Waals surface area (Å²) in [4.78, 5) is 37.6. The highest BCUT2D eigenvalue weighted by Crippen LogP contribution is 2.32. The number of nitrogens with one attached hydrogen (secondary N) is 2. The molecule has 0 unspecified atom stereocenters. The number of benzene rings is 1. The van der Waals surface area contributed by atoms with Crippen LogP contribution in [0.3, 0.4) is 0 Å². The number of ether oxygens (including phenoxy) is 2. The summed E-state index contributed by atoms with van der Waals surface area (Å²) in [5.41, 5.74) is 0.869. The number of carbonyl (C=O) groups excluding carboxylic acids is 2. The van der Waals surface area contributed by atoms with E-state index in [1.807, 2.05) is 6.92 Å². The van der Waals surface area contributed by atoms with Gasteiger partial charge in [-0.1, -0.05) is 6.92 Å². The number of carbonyl (C=O) groups is 3. The number of carboxylic acid groups (broad SMARTS) is 1. The standard InChI is InChI=1S/C20H27N3O6/c1-3-8-21-20(27)22-12-4-7-16-14(9-12)19(26)23(2)15-6-5-13(10-18(24)25)29-17(15)11-28-16/h4,7,9,13,15,17H,3,5-6,8,10-11H2,1-2H3,(H,24,25)(H2,21,22,27)/t13-,15+,17+/m1/s1. The Labute approximate surface area is 169 Å². The number of carboxylic acids is 1. The van der Waals surface area contributed by atoms with Gasteiger partial charge in [0.1, 0.15) is 18.5 Å². The monoisotopic (exact) mass is 405 g/mol. The molecule has 3 N–H and O–H groups in total. The lowest BCUT2D eigenvalue weighted by Gasteiger charge is -2.42. The fourth-order valence-corrected chi connectivity index (χ4v) is 3.71. The summed E-state index contributed by atoms with van der Waals surface area (Å²) in [6.07, 6.45) is 1.19. The summed E-state index contributed by atoms with van der Waals surface area (Å²) in [5.74, 6) is -0.727. The van der Waals surface area contributed by atoms with Crippen molar-refractivity contribution in [3.63, 3.8) is 0 Å². The predicted molar refractivity (Wildman–Crippen MR) is 105 cm³/mol. The molecule has 0 bridgehead atoms. The molecule has 1 aromatic carbocycles. The lowest BCUT2D eigenvalue weighted by Crippen LogP contribution is -2.53. The zero-order valence-corrected chi connectivity index (χ0v) is 16.6. The number of aliphatic carboxylic acids is 1. The number of hydrogen-bond donors (Lipinski definition) is 3. The van der Waals surface area contributed by atoms with Crippen molar-refractivity contribution in [1.82, 2.24) is 10.2 Å². The maximum Gasteiger partial charge on any atom is 0.319 e. The molecule has 0 aromatic heterocycles. The van der Waals surface area contributed by atoms with Gasteiger partial charge in [-0.3, -0.25) is 9.59 Å². The molecule has 0 radical (unpaired) electrons. The molecule has 1 fully saturated rings. The van der Waals surface area contributed by atoms with E-state index in [1.54, 1.807) is 30.1 Å². The van der Waals surface area contributed by atoms with Crippen LogP contribution in [0.1, 0.15) is 43.0 Å². The number of likely N-dealkylation sites (N-methyl/N-ethyl adjacent to an activating group) is 1. The fourth-order valence-electron chi connectivity index (χ4n) is 3.71. The van der Waals surface area contributed by atoms with Crippen molar-refractivity contribution in [3.05, 3.63) is 23.8 Å². The number of amides is 3. The van der Waals surface area contributed by atoms with E-state index >= 15 is 0 Å². The van der Waals surface area contributed by atoms with Gasteiger partial charge in [0.05, 0.1) is 24.1 Å². The van der Waals surface area contributed by atoms with Gasteiger partial charge in [-0.15, -0.1) is 0 Å². The average Bonchev–Trinajstić information content (AvgIpc) is 2.69. The SMILES string of the molecule is CCCNC(=O)Nc1ccc2c(c1)C(=O)N(C)[C@H]1CC[C@H](CC(=O)O)O[C@H]1CO2. The molecule has 1 saturated heterocycles. The van der Waals surface area contributed by atoms with Crippen molar-refractivity contribution < 1.29 is 29.0 Å². The molecule has 0 aliphatic carbocycles. The summed E-state index contributed by atoms with van der Waals surface area (Å²) in [5, 5.41) is 14.5. The van der Waals surface area contributed by atoms with Crippen LogP contribution in [0.15, 0.2) is 18.2 Å². The highest BCUT2D eigenvalue weighted by Gasteiger charge is 2.39. The normalized spacial score (nSPS) is 23.7. The first-order valence-corrected chi connectivity index (χ1v) is 9.85. The molecule has 0 saturated carbocycles. The van der Waals surface area contributed by atoms with E-state index in [9.17, 15) is 14.4 Å². The van der Waals surface area contributed by atoms with Crippen LogP contribution in [0.4, 0.5) is 10.5 Å². The van der Waals surface area contributed by atoms with Crippen LogP contribution >= 0.6 is 0 Å². The molecule has 29 heavy (non-hydrogen) atoms.